The number of aromatic nitrogens is 1. The Morgan fingerprint density at radius 1 is 1.08 bits per heavy atom. The van der Waals surface area contributed by atoms with Crippen molar-refractivity contribution < 1.29 is 14.8 Å². The predicted molar refractivity (Wildman–Crippen MR) is 89.7 cm³/mol. The van der Waals surface area contributed by atoms with Gasteiger partial charge < -0.3 is 5.73 Å². The minimum Gasteiger partial charge on any atom is -0.350 e. The number of rotatable bonds is 3. The summed E-state index contributed by atoms with van der Waals surface area (Å²) in [6, 6.07) is 16.2. The molecule has 1 atom stereocenters. The van der Waals surface area contributed by atoms with E-state index in [1.165, 1.54) is 4.57 Å². The molecule has 2 aromatic carbocycles. The van der Waals surface area contributed by atoms with E-state index in [0.29, 0.717) is 21.8 Å². The van der Waals surface area contributed by atoms with Crippen LogP contribution in [0.2, 0.25) is 0 Å². The van der Waals surface area contributed by atoms with E-state index < -0.39 is 12.1 Å². The lowest BCUT2D eigenvalue weighted by atomic mass is 10.2. The number of urea groups is 1. The second-order valence-corrected chi connectivity index (χ2v) is 5.49. The first kappa shape index (κ1) is 15.8. The van der Waals surface area contributed by atoms with E-state index in [-0.39, 0.29) is 5.91 Å². The zero-order valence-corrected chi connectivity index (χ0v) is 13.1. The monoisotopic (exact) mass is 323 g/mol. The normalized spacial score (nSPS) is 12.1. The van der Waals surface area contributed by atoms with Gasteiger partial charge in [0.05, 0.1) is 17.3 Å². The Balaban J connectivity index is 2.19. The maximum absolute atomic E-state index is 13.0. The van der Waals surface area contributed by atoms with Crippen LogP contribution in [0.25, 0.3) is 10.9 Å². The maximum Gasteiger partial charge on any atom is 0.339 e. The molecule has 0 spiro atoms. The van der Waals surface area contributed by atoms with E-state index in [1.54, 1.807) is 37.3 Å². The van der Waals surface area contributed by atoms with Crippen molar-refractivity contribution in [2.45, 2.75) is 13.0 Å². The molecule has 0 fully saturated rings. The van der Waals surface area contributed by atoms with Gasteiger partial charge in [-0.25, -0.2) is 4.79 Å². The van der Waals surface area contributed by atoms with E-state index in [0.717, 1.165) is 5.39 Å². The third-order valence-electron chi connectivity index (χ3n) is 3.98. The highest BCUT2D eigenvalue weighted by molar-refractivity contribution is 6.03. The van der Waals surface area contributed by atoms with Gasteiger partial charge in [0.15, 0.2) is 0 Å². The fourth-order valence-corrected chi connectivity index (χ4v) is 2.74. The molecule has 0 saturated heterocycles. The molecule has 0 radical (unpaired) electrons. The second kappa shape index (κ2) is 6.17. The molecule has 3 N–H and O–H groups in total. The summed E-state index contributed by atoms with van der Waals surface area (Å²) in [4.78, 5) is 24.3. The first-order chi connectivity index (χ1) is 11.5. The topological polar surface area (TPSA) is 88.6 Å². The molecule has 1 aromatic heterocycles. The highest BCUT2D eigenvalue weighted by atomic mass is 16.5. The molecule has 1 heterocycles. The van der Waals surface area contributed by atoms with Crippen LogP contribution in [0.4, 0.5) is 4.79 Å². The molecule has 0 aliphatic heterocycles. The van der Waals surface area contributed by atoms with Crippen molar-refractivity contribution in [2.24, 2.45) is 5.73 Å². The summed E-state index contributed by atoms with van der Waals surface area (Å²) in [5.41, 5.74) is 6.84. The van der Waals surface area contributed by atoms with Crippen molar-refractivity contribution in [2.75, 3.05) is 0 Å². The molecular formula is C18H17N3O3. The zero-order valence-electron chi connectivity index (χ0n) is 13.1. The van der Waals surface area contributed by atoms with E-state index in [2.05, 4.69) is 0 Å². The number of para-hydroxylation sites is 1. The molecule has 0 saturated carbocycles. The van der Waals surface area contributed by atoms with Crippen molar-refractivity contribution in [1.82, 2.24) is 9.63 Å². The third-order valence-corrected chi connectivity index (χ3v) is 3.98. The minimum atomic E-state index is -0.980. The van der Waals surface area contributed by atoms with Gasteiger partial charge in [-0.2, -0.15) is 5.06 Å². The lowest BCUT2D eigenvalue weighted by Crippen LogP contribution is -2.36. The molecule has 3 rings (SSSR count). The van der Waals surface area contributed by atoms with Gasteiger partial charge in [-0.1, -0.05) is 36.4 Å². The van der Waals surface area contributed by atoms with Crippen LogP contribution in [0.15, 0.2) is 60.7 Å². The Hall–Kier alpha value is -3.12. The van der Waals surface area contributed by atoms with Crippen LogP contribution >= 0.6 is 0 Å². The molecule has 0 aliphatic rings. The van der Waals surface area contributed by atoms with Gasteiger partial charge in [-0.05, 0) is 31.2 Å². The molecular weight excluding hydrogens is 306 g/mol. The summed E-state index contributed by atoms with van der Waals surface area (Å²) < 4.78 is 1.50. The number of carbonyl (C=O) groups is 2. The number of benzene rings is 2. The molecule has 0 aliphatic carbocycles. The quantitative estimate of drug-likeness (QED) is 0.573. The van der Waals surface area contributed by atoms with E-state index in [4.69, 9.17) is 5.73 Å². The fraction of sp³-hybridized carbons (Fsp3) is 0.111. The number of hydrogen-bond acceptors (Lipinski definition) is 3. The van der Waals surface area contributed by atoms with E-state index in [9.17, 15) is 14.8 Å². The van der Waals surface area contributed by atoms with Crippen molar-refractivity contribution in [1.29, 1.82) is 0 Å². The molecule has 24 heavy (non-hydrogen) atoms. The van der Waals surface area contributed by atoms with Gasteiger partial charge in [-0.3, -0.25) is 14.6 Å². The number of fused-ring (bicyclic) bond motifs is 1. The number of nitrogens with two attached hydrogens (primary N) is 1. The summed E-state index contributed by atoms with van der Waals surface area (Å²) in [6.45, 7) is 1.60. The predicted octanol–water partition coefficient (Wildman–Crippen LogP) is 3.16. The summed E-state index contributed by atoms with van der Waals surface area (Å²) in [5, 5.41) is 11.1. The first-order valence-electron chi connectivity index (χ1n) is 7.48. The molecule has 2 amide bonds. The van der Waals surface area contributed by atoms with Crippen molar-refractivity contribution in [3.05, 3.63) is 71.9 Å². The summed E-state index contributed by atoms with van der Waals surface area (Å²) in [5.74, 6) is -0.239. The van der Waals surface area contributed by atoms with Gasteiger partial charge in [0.25, 0.3) is 5.91 Å². The van der Waals surface area contributed by atoms with Crippen LogP contribution in [0.1, 0.15) is 29.0 Å². The number of carbonyl (C=O) groups excluding carboxylic acids is 2. The first-order valence-corrected chi connectivity index (χ1v) is 7.48. The van der Waals surface area contributed by atoms with Crippen LogP contribution in [0.3, 0.4) is 0 Å². The highest BCUT2D eigenvalue weighted by Gasteiger charge is 2.25. The van der Waals surface area contributed by atoms with Gasteiger partial charge in [0.1, 0.15) is 0 Å². The lowest BCUT2D eigenvalue weighted by Gasteiger charge is -2.22. The number of nitrogens with zero attached hydrogens (tertiary/aromatic N) is 2. The zero-order chi connectivity index (χ0) is 17.3. The standard InChI is InChI=1S/C18H17N3O3/c1-12(21(24)18(19)23)16-11-14-9-5-6-10-15(14)20(16)17(22)13-7-3-2-4-8-13/h2-12,24H,1H3,(H2,19,23). The van der Waals surface area contributed by atoms with Crippen LogP contribution < -0.4 is 5.73 Å². The van der Waals surface area contributed by atoms with Crippen LogP contribution in [0, 0.1) is 0 Å². The van der Waals surface area contributed by atoms with Crippen molar-refractivity contribution in [3.63, 3.8) is 0 Å². The number of hydroxylamine groups is 2. The van der Waals surface area contributed by atoms with Gasteiger partial charge in [-0.15, -0.1) is 0 Å². The Morgan fingerprint density at radius 3 is 2.38 bits per heavy atom. The average molecular weight is 323 g/mol. The third kappa shape index (κ3) is 2.63. The van der Waals surface area contributed by atoms with Gasteiger partial charge >= 0.3 is 6.03 Å². The number of primary amides is 1. The minimum absolute atomic E-state index is 0.239. The number of hydrogen-bond donors (Lipinski definition) is 2. The average Bonchev–Trinajstić information content (AvgIpc) is 2.99. The highest BCUT2D eigenvalue weighted by Crippen LogP contribution is 2.28. The Kier molecular flexibility index (Phi) is 4.05. The summed E-state index contributed by atoms with van der Waals surface area (Å²) >= 11 is 0. The molecule has 0 bridgehead atoms. The summed E-state index contributed by atoms with van der Waals surface area (Å²) in [6.07, 6.45) is 0. The Bertz CT molecular complexity index is 902. The molecule has 6 heteroatoms. The molecule has 3 aromatic rings. The summed E-state index contributed by atoms with van der Waals surface area (Å²) in [7, 11) is 0. The Labute approximate surface area is 138 Å². The Morgan fingerprint density at radius 2 is 1.71 bits per heavy atom. The maximum atomic E-state index is 13.0. The fourth-order valence-electron chi connectivity index (χ4n) is 2.74. The van der Waals surface area contributed by atoms with Crippen LogP contribution in [-0.4, -0.2) is 26.8 Å². The lowest BCUT2D eigenvalue weighted by molar-refractivity contribution is -0.0724. The molecule has 122 valence electrons. The van der Waals surface area contributed by atoms with Crippen LogP contribution in [0.5, 0.6) is 0 Å². The van der Waals surface area contributed by atoms with E-state index >= 15 is 0 Å². The molecule has 1 unspecified atom stereocenters. The van der Waals surface area contributed by atoms with Crippen molar-refractivity contribution >= 4 is 22.8 Å². The van der Waals surface area contributed by atoms with Crippen molar-refractivity contribution in [3.8, 4) is 0 Å². The van der Waals surface area contributed by atoms with Crippen LogP contribution in [-0.2, 0) is 0 Å². The van der Waals surface area contributed by atoms with Gasteiger partial charge in [0.2, 0.25) is 0 Å². The SMILES string of the molecule is CC(c1cc2ccccc2n1C(=O)c1ccccc1)N(O)C(N)=O. The second-order valence-electron chi connectivity index (χ2n) is 5.49. The largest absolute Gasteiger partial charge is 0.350 e. The van der Waals surface area contributed by atoms with E-state index in [1.807, 2.05) is 30.3 Å². The van der Waals surface area contributed by atoms with Gasteiger partial charge in [0, 0.05) is 10.9 Å². The smallest absolute Gasteiger partial charge is 0.339 e. The molecule has 6 nitrogen and oxygen atoms in total. The number of amides is 2.